The number of benzene rings is 2. The van der Waals surface area contributed by atoms with E-state index in [2.05, 4.69) is 0 Å². The number of halogens is 3. The lowest BCUT2D eigenvalue weighted by molar-refractivity contribution is -0.134. The molecule has 1 heterocycles. The maximum absolute atomic E-state index is 13.8. The molecule has 0 N–H and O–H groups in total. The second kappa shape index (κ2) is 8.19. The van der Waals surface area contributed by atoms with E-state index in [0.717, 1.165) is 16.4 Å². The predicted octanol–water partition coefficient (Wildman–Crippen LogP) is 2.02. The van der Waals surface area contributed by atoms with E-state index in [-0.39, 0.29) is 31.9 Å². The number of piperazine rings is 1. The van der Waals surface area contributed by atoms with Crippen molar-refractivity contribution in [1.29, 1.82) is 0 Å². The van der Waals surface area contributed by atoms with E-state index in [0.29, 0.717) is 6.07 Å². The van der Waals surface area contributed by atoms with Gasteiger partial charge in [0.25, 0.3) is 5.91 Å². The lowest BCUT2D eigenvalue weighted by atomic mass is 10.3. The van der Waals surface area contributed by atoms with E-state index in [1.54, 1.807) is 6.07 Å². The van der Waals surface area contributed by atoms with Gasteiger partial charge in [-0.15, -0.1) is 0 Å². The fourth-order valence-corrected chi connectivity index (χ4v) is 4.28. The second-order valence-corrected chi connectivity index (χ2v) is 7.99. The number of carbonyl (C=O) groups excluding carboxylic acids is 1. The summed E-state index contributed by atoms with van der Waals surface area (Å²) in [7, 11) is -4.23. The van der Waals surface area contributed by atoms with Gasteiger partial charge < -0.3 is 9.64 Å². The molecule has 1 saturated heterocycles. The molecule has 0 saturated carbocycles. The van der Waals surface area contributed by atoms with Crippen LogP contribution in [0.4, 0.5) is 13.2 Å². The minimum Gasteiger partial charge on any atom is -0.481 e. The van der Waals surface area contributed by atoms with Gasteiger partial charge in [0.05, 0.1) is 0 Å². The summed E-state index contributed by atoms with van der Waals surface area (Å²) in [6.45, 7) is -0.453. The van der Waals surface area contributed by atoms with Crippen LogP contribution in [0.5, 0.6) is 5.75 Å². The molecule has 0 atom stereocenters. The Labute approximate surface area is 160 Å². The van der Waals surface area contributed by atoms with E-state index < -0.39 is 44.9 Å². The molecule has 1 aliphatic heterocycles. The monoisotopic (exact) mass is 414 g/mol. The van der Waals surface area contributed by atoms with E-state index in [9.17, 15) is 26.4 Å². The molecule has 2 aromatic rings. The van der Waals surface area contributed by atoms with E-state index in [1.807, 2.05) is 0 Å². The molecule has 1 fully saturated rings. The molecule has 1 aliphatic rings. The smallest absolute Gasteiger partial charge is 0.260 e. The van der Waals surface area contributed by atoms with Crippen LogP contribution < -0.4 is 4.74 Å². The number of hydrogen-bond acceptors (Lipinski definition) is 4. The van der Waals surface area contributed by atoms with Crippen molar-refractivity contribution < 1.29 is 31.1 Å². The zero-order chi connectivity index (χ0) is 20.3. The lowest BCUT2D eigenvalue weighted by Crippen LogP contribution is -2.51. The van der Waals surface area contributed by atoms with Gasteiger partial charge >= 0.3 is 0 Å². The van der Waals surface area contributed by atoms with Gasteiger partial charge in [-0.25, -0.2) is 21.6 Å². The van der Waals surface area contributed by atoms with Crippen molar-refractivity contribution in [3.05, 3.63) is 59.9 Å². The van der Waals surface area contributed by atoms with Crippen LogP contribution in [0.15, 0.2) is 47.4 Å². The van der Waals surface area contributed by atoms with Crippen LogP contribution in [-0.2, 0) is 14.8 Å². The van der Waals surface area contributed by atoms with Crippen LogP contribution in [0.1, 0.15) is 0 Å². The molecule has 2 aromatic carbocycles. The van der Waals surface area contributed by atoms with Crippen LogP contribution in [0, 0.1) is 17.5 Å². The van der Waals surface area contributed by atoms with Crippen LogP contribution in [0.2, 0.25) is 0 Å². The average Bonchev–Trinajstić information content (AvgIpc) is 2.69. The van der Waals surface area contributed by atoms with Gasteiger partial charge in [-0.1, -0.05) is 12.1 Å². The summed E-state index contributed by atoms with van der Waals surface area (Å²) in [4.78, 5) is 12.8. The molecule has 0 aliphatic carbocycles. The van der Waals surface area contributed by atoms with Gasteiger partial charge in [0.15, 0.2) is 18.2 Å². The van der Waals surface area contributed by atoms with Crippen LogP contribution in [0.3, 0.4) is 0 Å². The minimum atomic E-state index is -4.23. The van der Waals surface area contributed by atoms with Crippen molar-refractivity contribution in [3.8, 4) is 5.75 Å². The summed E-state index contributed by atoms with van der Waals surface area (Å²) in [6.07, 6.45) is 0. The van der Waals surface area contributed by atoms with E-state index >= 15 is 0 Å². The quantitative estimate of drug-likeness (QED) is 0.751. The Morgan fingerprint density at radius 2 is 1.64 bits per heavy atom. The highest BCUT2D eigenvalue weighted by atomic mass is 32.2. The van der Waals surface area contributed by atoms with Gasteiger partial charge in [0.1, 0.15) is 16.5 Å². The van der Waals surface area contributed by atoms with Crippen molar-refractivity contribution in [2.24, 2.45) is 0 Å². The highest BCUT2D eigenvalue weighted by molar-refractivity contribution is 7.89. The Morgan fingerprint density at radius 1 is 0.964 bits per heavy atom. The molecule has 6 nitrogen and oxygen atoms in total. The molecule has 3 rings (SSSR count). The van der Waals surface area contributed by atoms with Gasteiger partial charge in [-0.3, -0.25) is 4.79 Å². The van der Waals surface area contributed by atoms with E-state index in [1.165, 1.54) is 23.1 Å². The first-order chi connectivity index (χ1) is 13.3. The molecule has 10 heteroatoms. The molecule has 28 heavy (non-hydrogen) atoms. The number of hydrogen-bond donors (Lipinski definition) is 0. The first-order valence-electron chi connectivity index (χ1n) is 8.39. The zero-order valence-electron chi connectivity index (χ0n) is 14.6. The number of ether oxygens (including phenoxy) is 1. The number of carbonyl (C=O) groups is 1. The Hall–Kier alpha value is -2.59. The molecular weight excluding hydrogens is 397 g/mol. The molecule has 0 radical (unpaired) electrons. The number of sulfonamides is 1. The van der Waals surface area contributed by atoms with E-state index in [4.69, 9.17) is 4.74 Å². The summed E-state index contributed by atoms with van der Waals surface area (Å²) in [5.74, 6) is -2.99. The SMILES string of the molecule is O=C(COc1ccccc1F)N1CCN(S(=O)(=O)c2cc(F)ccc2F)CC1. The zero-order valence-corrected chi connectivity index (χ0v) is 15.5. The highest BCUT2D eigenvalue weighted by Crippen LogP contribution is 2.22. The fraction of sp³-hybridized carbons (Fsp3) is 0.278. The summed E-state index contributed by atoms with van der Waals surface area (Å²) < 4.78 is 71.9. The van der Waals surface area contributed by atoms with Crippen LogP contribution in [-0.4, -0.2) is 56.3 Å². The lowest BCUT2D eigenvalue weighted by Gasteiger charge is -2.34. The third-order valence-electron chi connectivity index (χ3n) is 4.29. The topological polar surface area (TPSA) is 66.9 Å². The maximum Gasteiger partial charge on any atom is 0.260 e. The Balaban J connectivity index is 1.60. The molecular formula is C18H17F3N2O4S. The largest absolute Gasteiger partial charge is 0.481 e. The standard InChI is InChI=1S/C18H17F3N2O4S/c19-13-5-6-15(21)17(11-13)28(25,26)23-9-7-22(8-10-23)18(24)12-27-16-4-2-1-3-14(16)20/h1-6,11H,7-10,12H2. The van der Waals surface area contributed by atoms with Crippen molar-refractivity contribution in [1.82, 2.24) is 9.21 Å². The summed E-state index contributed by atoms with van der Waals surface area (Å²) >= 11 is 0. The van der Waals surface area contributed by atoms with Crippen molar-refractivity contribution in [2.45, 2.75) is 4.90 Å². The minimum absolute atomic E-state index is 0.0512. The first-order valence-corrected chi connectivity index (χ1v) is 9.83. The number of rotatable bonds is 5. The molecule has 1 amide bonds. The Bertz CT molecular complexity index is 977. The fourth-order valence-electron chi connectivity index (χ4n) is 2.78. The molecule has 0 unspecified atom stereocenters. The Kier molecular flexibility index (Phi) is 5.90. The normalized spacial score (nSPS) is 15.5. The van der Waals surface area contributed by atoms with Crippen LogP contribution >= 0.6 is 0 Å². The van der Waals surface area contributed by atoms with Gasteiger partial charge in [0, 0.05) is 26.2 Å². The second-order valence-electron chi connectivity index (χ2n) is 6.08. The van der Waals surface area contributed by atoms with Crippen molar-refractivity contribution >= 4 is 15.9 Å². The maximum atomic E-state index is 13.8. The van der Waals surface area contributed by atoms with Crippen molar-refractivity contribution in [2.75, 3.05) is 32.8 Å². The number of nitrogens with zero attached hydrogens (tertiary/aromatic N) is 2. The van der Waals surface area contributed by atoms with Gasteiger partial charge in [-0.2, -0.15) is 4.31 Å². The summed E-state index contributed by atoms with van der Waals surface area (Å²) in [6, 6.07) is 7.87. The molecule has 0 spiro atoms. The van der Waals surface area contributed by atoms with Gasteiger partial charge in [-0.05, 0) is 30.3 Å². The third-order valence-corrected chi connectivity index (χ3v) is 6.20. The molecule has 0 bridgehead atoms. The third kappa shape index (κ3) is 4.28. The van der Waals surface area contributed by atoms with Crippen molar-refractivity contribution in [3.63, 3.8) is 0 Å². The number of amides is 1. The summed E-state index contributed by atoms with van der Waals surface area (Å²) in [5, 5.41) is 0. The molecule has 0 aromatic heterocycles. The highest BCUT2D eigenvalue weighted by Gasteiger charge is 2.32. The molecule has 150 valence electrons. The predicted molar refractivity (Wildman–Crippen MR) is 93.6 cm³/mol. The van der Waals surface area contributed by atoms with Gasteiger partial charge in [0.2, 0.25) is 10.0 Å². The van der Waals surface area contributed by atoms with Crippen LogP contribution in [0.25, 0.3) is 0 Å². The average molecular weight is 414 g/mol. The first kappa shape index (κ1) is 20.2. The summed E-state index contributed by atoms with van der Waals surface area (Å²) in [5.41, 5.74) is 0. The number of para-hydroxylation sites is 1. The Morgan fingerprint density at radius 3 is 2.32 bits per heavy atom.